The minimum Gasteiger partial charge on any atom is -0.348 e. The van der Waals surface area contributed by atoms with Crippen molar-refractivity contribution in [1.82, 2.24) is 10.0 Å². The summed E-state index contributed by atoms with van der Waals surface area (Å²) in [5.74, 6) is -7.39. The number of carbonyl (C=O) groups is 2. The smallest absolute Gasteiger partial charge is 0.348 e. The highest BCUT2D eigenvalue weighted by Gasteiger charge is 2.46. The van der Waals surface area contributed by atoms with Crippen LogP contribution in [0.3, 0.4) is 0 Å². The molecule has 2 aromatic rings. The van der Waals surface area contributed by atoms with E-state index in [9.17, 15) is 22.8 Å². The van der Waals surface area contributed by atoms with E-state index in [1.54, 1.807) is 26.3 Å². The van der Waals surface area contributed by atoms with Crippen LogP contribution in [0.15, 0.2) is 30.5 Å². The molecule has 1 aromatic heterocycles. The van der Waals surface area contributed by atoms with Crippen LogP contribution in [0.4, 0.5) is 18.9 Å². The first-order chi connectivity index (χ1) is 12.8. The van der Waals surface area contributed by atoms with Crippen LogP contribution in [0.5, 0.6) is 0 Å². The third kappa shape index (κ3) is 4.85. The number of carbonyl (C=O) groups excluding carboxylic acids is 2. The van der Waals surface area contributed by atoms with Gasteiger partial charge < -0.3 is 9.88 Å². The van der Waals surface area contributed by atoms with Gasteiger partial charge in [-0.15, -0.1) is 0 Å². The van der Waals surface area contributed by atoms with Crippen LogP contribution in [-0.2, 0) is 22.6 Å². The van der Waals surface area contributed by atoms with Crippen molar-refractivity contribution >= 4 is 29.1 Å². The molecule has 28 heavy (non-hydrogen) atoms. The average Bonchev–Trinajstić information content (AvgIpc) is 2.97. The van der Waals surface area contributed by atoms with E-state index in [1.165, 1.54) is 19.3 Å². The van der Waals surface area contributed by atoms with Gasteiger partial charge in [-0.3, -0.25) is 14.4 Å². The van der Waals surface area contributed by atoms with Crippen LogP contribution in [0, 0.1) is 5.82 Å². The van der Waals surface area contributed by atoms with Gasteiger partial charge in [-0.1, -0.05) is 11.6 Å². The molecule has 152 valence electrons. The minimum atomic E-state index is -4.06. The lowest BCUT2D eigenvalue weighted by atomic mass is 10.1. The lowest BCUT2D eigenvalue weighted by Crippen LogP contribution is -2.43. The number of halogens is 4. The molecule has 0 fully saturated rings. The fourth-order valence-corrected chi connectivity index (χ4v) is 2.43. The van der Waals surface area contributed by atoms with Crippen molar-refractivity contribution < 1.29 is 27.6 Å². The molecule has 0 saturated carbocycles. The van der Waals surface area contributed by atoms with Crippen LogP contribution in [-0.4, -0.2) is 22.0 Å². The molecule has 6 nitrogen and oxygen atoms in total. The average molecular weight is 418 g/mol. The van der Waals surface area contributed by atoms with Gasteiger partial charge in [-0.25, -0.2) is 9.87 Å². The molecule has 0 atom stereocenters. The summed E-state index contributed by atoms with van der Waals surface area (Å²) in [4.78, 5) is 29.4. The zero-order chi connectivity index (χ0) is 21.3. The largest absolute Gasteiger partial charge is 0.367 e. The maximum atomic E-state index is 14.7. The van der Waals surface area contributed by atoms with E-state index in [-0.39, 0.29) is 10.7 Å². The highest BCUT2D eigenvalue weighted by molar-refractivity contribution is 6.31. The summed E-state index contributed by atoms with van der Waals surface area (Å²) < 4.78 is 43.7. The number of aromatic nitrogens is 1. The molecular formula is C18H19ClF3N3O3. The van der Waals surface area contributed by atoms with Crippen LogP contribution in [0.25, 0.3) is 0 Å². The number of alkyl halides is 2. The molecule has 1 aromatic carbocycles. The molecular weight excluding hydrogens is 399 g/mol. The molecule has 10 heteroatoms. The summed E-state index contributed by atoms with van der Waals surface area (Å²) in [7, 11) is 1.27. The van der Waals surface area contributed by atoms with Gasteiger partial charge in [0.25, 0.3) is 5.91 Å². The molecule has 1 heterocycles. The Morgan fingerprint density at radius 3 is 2.39 bits per heavy atom. The summed E-state index contributed by atoms with van der Waals surface area (Å²) in [6.07, 6.45) is 1.22. The fourth-order valence-electron chi connectivity index (χ4n) is 2.25. The number of nitrogens with zero attached hydrogens (tertiary/aromatic N) is 1. The van der Waals surface area contributed by atoms with E-state index in [0.717, 1.165) is 22.8 Å². The maximum Gasteiger partial charge on any atom is 0.367 e. The number of rotatable bonds is 5. The Hall–Kier alpha value is -2.52. The zero-order valence-electron chi connectivity index (χ0n) is 15.6. The Balaban J connectivity index is 2.29. The molecule has 0 aliphatic rings. The van der Waals surface area contributed by atoms with Crippen molar-refractivity contribution in [1.29, 1.82) is 0 Å². The summed E-state index contributed by atoms with van der Waals surface area (Å²) >= 11 is 5.65. The molecule has 2 N–H and O–H groups in total. The van der Waals surface area contributed by atoms with Crippen LogP contribution in [0.2, 0.25) is 5.02 Å². The molecule has 0 bridgehead atoms. The second-order valence-corrected chi connectivity index (χ2v) is 7.40. The van der Waals surface area contributed by atoms with E-state index >= 15 is 0 Å². The van der Waals surface area contributed by atoms with Crippen molar-refractivity contribution in [3.8, 4) is 0 Å². The minimum absolute atomic E-state index is 0.107. The van der Waals surface area contributed by atoms with Gasteiger partial charge >= 0.3 is 11.8 Å². The van der Waals surface area contributed by atoms with Crippen LogP contribution >= 0.6 is 11.6 Å². The number of anilines is 1. The Kier molecular flexibility index (Phi) is 6.10. The monoisotopic (exact) mass is 417 g/mol. The molecule has 0 aliphatic carbocycles. The number of hydrogen-bond acceptors (Lipinski definition) is 3. The number of nitrogens with one attached hydrogen (secondary N) is 2. The summed E-state index contributed by atoms with van der Waals surface area (Å²) in [5, 5.41) is 2.11. The van der Waals surface area contributed by atoms with Crippen molar-refractivity contribution in [3.05, 3.63) is 52.6 Å². The Morgan fingerprint density at radius 2 is 1.82 bits per heavy atom. The number of hydroxylamine groups is 1. The zero-order valence-corrected chi connectivity index (χ0v) is 16.3. The lowest BCUT2D eigenvalue weighted by Gasteiger charge is -2.23. The van der Waals surface area contributed by atoms with Crippen LogP contribution in [0.1, 0.15) is 36.8 Å². The molecule has 0 radical (unpaired) electrons. The third-order valence-electron chi connectivity index (χ3n) is 3.53. The molecule has 2 amide bonds. The number of hydrogen-bond donors (Lipinski definition) is 2. The van der Waals surface area contributed by atoms with Gasteiger partial charge in [0.05, 0.1) is 16.2 Å². The highest BCUT2D eigenvalue weighted by Crippen LogP contribution is 2.32. The van der Waals surface area contributed by atoms with Crippen molar-refractivity contribution in [2.24, 2.45) is 7.05 Å². The van der Waals surface area contributed by atoms with Crippen molar-refractivity contribution in [3.63, 3.8) is 0 Å². The first kappa shape index (κ1) is 21.8. The van der Waals surface area contributed by atoms with E-state index in [0.29, 0.717) is 0 Å². The first-order valence-electron chi connectivity index (χ1n) is 8.11. The Bertz CT molecular complexity index is 907. The predicted molar refractivity (Wildman–Crippen MR) is 97.7 cm³/mol. The SMILES string of the molecule is Cn1ccc(C(=O)Nc2ccc(F)c(Cl)c2)c1C(F)(F)C(=O)NOC(C)(C)C. The predicted octanol–water partition coefficient (Wildman–Crippen LogP) is 4.01. The summed E-state index contributed by atoms with van der Waals surface area (Å²) in [6, 6.07) is 4.53. The number of aryl methyl sites for hydroxylation is 1. The maximum absolute atomic E-state index is 14.7. The van der Waals surface area contributed by atoms with Gasteiger partial charge in [0.1, 0.15) is 11.5 Å². The Labute approximate surface area is 164 Å². The number of amides is 2. The summed E-state index contributed by atoms with van der Waals surface area (Å²) in [5.41, 5.74) is -0.323. The second-order valence-electron chi connectivity index (χ2n) is 6.99. The van der Waals surface area contributed by atoms with E-state index < -0.39 is 40.4 Å². The van der Waals surface area contributed by atoms with Gasteiger partial charge in [0.15, 0.2) is 0 Å². The fraction of sp³-hybridized carbons (Fsp3) is 0.333. The van der Waals surface area contributed by atoms with Gasteiger partial charge in [0, 0.05) is 18.9 Å². The van der Waals surface area contributed by atoms with Crippen molar-refractivity contribution in [2.75, 3.05) is 5.32 Å². The summed E-state index contributed by atoms with van der Waals surface area (Å²) in [6.45, 7) is 4.71. The normalized spacial score (nSPS) is 12.0. The van der Waals surface area contributed by atoms with Gasteiger partial charge in [-0.2, -0.15) is 8.78 Å². The van der Waals surface area contributed by atoms with Gasteiger partial charge in [0.2, 0.25) is 0 Å². The molecule has 2 rings (SSSR count). The second kappa shape index (κ2) is 7.84. The molecule has 0 aliphatic heterocycles. The highest BCUT2D eigenvalue weighted by atomic mass is 35.5. The van der Waals surface area contributed by atoms with E-state index in [1.807, 2.05) is 0 Å². The topological polar surface area (TPSA) is 72.4 Å². The molecule has 0 saturated heterocycles. The quantitative estimate of drug-likeness (QED) is 0.722. The van der Waals surface area contributed by atoms with Gasteiger partial charge in [-0.05, 0) is 45.0 Å². The van der Waals surface area contributed by atoms with Crippen LogP contribution < -0.4 is 10.8 Å². The molecule has 0 unspecified atom stereocenters. The lowest BCUT2D eigenvalue weighted by molar-refractivity contribution is -0.171. The standard InChI is InChI=1S/C18H19ClF3N3O3/c1-17(2,3)28-24-16(27)18(21,22)14-11(7-8-25(14)4)15(26)23-10-5-6-13(20)12(19)9-10/h5-9H,1-4H3,(H,23,26)(H,24,27). The third-order valence-corrected chi connectivity index (χ3v) is 3.82. The van der Waals surface area contributed by atoms with E-state index in [2.05, 4.69) is 5.32 Å². The molecule has 0 spiro atoms. The Morgan fingerprint density at radius 1 is 1.18 bits per heavy atom. The number of benzene rings is 1. The van der Waals surface area contributed by atoms with E-state index in [4.69, 9.17) is 16.4 Å². The first-order valence-corrected chi connectivity index (χ1v) is 8.49. The van der Waals surface area contributed by atoms with Crippen molar-refractivity contribution in [2.45, 2.75) is 32.3 Å².